The molecular formula is C20H24O3. The molecule has 2 aromatic rings. The van der Waals surface area contributed by atoms with Gasteiger partial charge in [0.1, 0.15) is 5.75 Å². The molecule has 0 fully saturated rings. The van der Waals surface area contributed by atoms with Crippen molar-refractivity contribution in [3.05, 3.63) is 65.7 Å². The van der Waals surface area contributed by atoms with Crippen LogP contribution in [0.3, 0.4) is 0 Å². The Hall–Kier alpha value is -2.29. The van der Waals surface area contributed by atoms with Crippen LogP contribution in [0.25, 0.3) is 0 Å². The third-order valence-corrected chi connectivity index (χ3v) is 3.72. The van der Waals surface area contributed by atoms with Gasteiger partial charge in [0.25, 0.3) is 0 Å². The number of ether oxygens (including phenoxy) is 2. The van der Waals surface area contributed by atoms with Crippen LogP contribution in [0, 0.1) is 0 Å². The number of rotatable bonds is 8. The maximum Gasteiger partial charge on any atom is 0.513 e. The Bertz CT molecular complexity index is 593. The van der Waals surface area contributed by atoms with Gasteiger partial charge in [-0.05, 0) is 49.3 Å². The van der Waals surface area contributed by atoms with Crippen molar-refractivity contribution in [2.45, 2.75) is 39.0 Å². The van der Waals surface area contributed by atoms with Gasteiger partial charge in [-0.2, -0.15) is 0 Å². The third kappa shape index (κ3) is 6.15. The average Bonchev–Trinajstić information content (AvgIpc) is 2.59. The number of carbonyl (C=O) groups excluding carboxylic acids is 1. The molecule has 0 aliphatic carbocycles. The monoisotopic (exact) mass is 312 g/mol. The minimum absolute atomic E-state index is 0.405. The van der Waals surface area contributed by atoms with E-state index in [0.29, 0.717) is 12.4 Å². The molecule has 122 valence electrons. The molecule has 0 aliphatic rings. The first-order valence-corrected chi connectivity index (χ1v) is 8.26. The molecule has 0 saturated carbocycles. The average molecular weight is 312 g/mol. The summed E-state index contributed by atoms with van der Waals surface area (Å²) in [5, 5.41) is 0. The highest BCUT2D eigenvalue weighted by atomic mass is 16.7. The zero-order valence-electron chi connectivity index (χ0n) is 13.7. The SMILES string of the molecule is CCc1ccccc1OC(=O)OCCCCCc1ccccc1. The minimum Gasteiger partial charge on any atom is -0.434 e. The van der Waals surface area contributed by atoms with Crippen LogP contribution in [0.2, 0.25) is 0 Å². The van der Waals surface area contributed by atoms with Crippen molar-refractivity contribution in [1.29, 1.82) is 0 Å². The molecule has 0 bridgehead atoms. The van der Waals surface area contributed by atoms with Crippen molar-refractivity contribution in [3.8, 4) is 5.75 Å². The van der Waals surface area contributed by atoms with E-state index in [0.717, 1.165) is 37.7 Å². The first-order chi connectivity index (χ1) is 11.3. The van der Waals surface area contributed by atoms with E-state index in [2.05, 4.69) is 24.3 Å². The molecule has 3 heteroatoms. The lowest BCUT2D eigenvalue weighted by Gasteiger charge is -2.09. The van der Waals surface area contributed by atoms with Crippen LogP contribution in [0.4, 0.5) is 4.79 Å². The second-order valence-electron chi connectivity index (χ2n) is 5.46. The molecule has 2 aromatic carbocycles. The summed E-state index contributed by atoms with van der Waals surface area (Å²) in [5.74, 6) is 0.587. The van der Waals surface area contributed by atoms with E-state index in [1.165, 1.54) is 5.56 Å². The van der Waals surface area contributed by atoms with Gasteiger partial charge in [-0.3, -0.25) is 0 Å². The lowest BCUT2D eigenvalue weighted by Crippen LogP contribution is -2.12. The van der Waals surface area contributed by atoms with E-state index in [9.17, 15) is 4.79 Å². The molecule has 0 aromatic heterocycles. The fraction of sp³-hybridized carbons (Fsp3) is 0.350. The van der Waals surface area contributed by atoms with E-state index < -0.39 is 6.16 Å². The number of hydrogen-bond acceptors (Lipinski definition) is 3. The second kappa shape index (κ2) is 9.67. The Morgan fingerprint density at radius 1 is 0.913 bits per heavy atom. The standard InChI is InChI=1S/C20H24O3/c1-2-18-14-8-9-15-19(18)23-20(21)22-16-10-4-7-13-17-11-5-3-6-12-17/h3,5-6,8-9,11-12,14-15H,2,4,7,10,13,16H2,1H3. The second-order valence-corrected chi connectivity index (χ2v) is 5.46. The highest BCUT2D eigenvalue weighted by Crippen LogP contribution is 2.18. The molecule has 0 amide bonds. The van der Waals surface area contributed by atoms with E-state index >= 15 is 0 Å². The Morgan fingerprint density at radius 3 is 2.43 bits per heavy atom. The first-order valence-electron chi connectivity index (χ1n) is 8.26. The summed E-state index contributed by atoms with van der Waals surface area (Å²) in [7, 11) is 0. The van der Waals surface area contributed by atoms with Gasteiger partial charge in [0.15, 0.2) is 0 Å². The van der Waals surface area contributed by atoms with Crippen LogP contribution in [-0.4, -0.2) is 12.8 Å². The van der Waals surface area contributed by atoms with Crippen LogP contribution >= 0.6 is 0 Å². The Morgan fingerprint density at radius 2 is 1.65 bits per heavy atom. The number of hydrogen-bond donors (Lipinski definition) is 0. The molecule has 23 heavy (non-hydrogen) atoms. The van der Waals surface area contributed by atoms with Crippen molar-refractivity contribution in [3.63, 3.8) is 0 Å². The van der Waals surface area contributed by atoms with Gasteiger partial charge < -0.3 is 9.47 Å². The number of aryl methyl sites for hydroxylation is 2. The first kappa shape index (κ1) is 17.1. The van der Waals surface area contributed by atoms with E-state index in [1.807, 2.05) is 31.2 Å². The fourth-order valence-electron chi connectivity index (χ4n) is 2.42. The van der Waals surface area contributed by atoms with Gasteiger partial charge in [0.05, 0.1) is 6.61 Å². The summed E-state index contributed by atoms with van der Waals surface area (Å²) in [6.07, 6.45) is 4.26. The van der Waals surface area contributed by atoms with E-state index in [4.69, 9.17) is 9.47 Å². The largest absolute Gasteiger partial charge is 0.513 e. The lowest BCUT2D eigenvalue weighted by molar-refractivity contribution is 0.0970. The summed E-state index contributed by atoms with van der Waals surface area (Å²) in [4.78, 5) is 11.7. The number of benzene rings is 2. The van der Waals surface area contributed by atoms with Crippen molar-refractivity contribution in [2.75, 3.05) is 6.61 Å². The molecule has 0 atom stereocenters. The topological polar surface area (TPSA) is 35.5 Å². The lowest BCUT2D eigenvalue weighted by atomic mass is 10.1. The van der Waals surface area contributed by atoms with Gasteiger partial charge in [-0.25, -0.2) is 4.79 Å². The summed E-state index contributed by atoms with van der Waals surface area (Å²) in [6, 6.07) is 17.9. The number of carbonyl (C=O) groups is 1. The maximum atomic E-state index is 11.7. The molecule has 0 aliphatic heterocycles. The summed E-state index contributed by atoms with van der Waals surface area (Å²) >= 11 is 0. The van der Waals surface area contributed by atoms with Crippen molar-refractivity contribution in [2.24, 2.45) is 0 Å². The third-order valence-electron chi connectivity index (χ3n) is 3.72. The summed E-state index contributed by atoms with van der Waals surface area (Å²) in [6.45, 7) is 2.43. The van der Waals surface area contributed by atoms with Crippen LogP contribution in [0.5, 0.6) is 5.75 Å². The smallest absolute Gasteiger partial charge is 0.434 e. The van der Waals surface area contributed by atoms with Crippen molar-refractivity contribution in [1.82, 2.24) is 0 Å². The summed E-state index contributed by atoms with van der Waals surface area (Å²) in [5.41, 5.74) is 2.36. The van der Waals surface area contributed by atoms with Gasteiger partial charge >= 0.3 is 6.16 Å². The predicted octanol–water partition coefficient (Wildman–Crippen LogP) is 5.18. The van der Waals surface area contributed by atoms with E-state index in [-0.39, 0.29) is 0 Å². The molecule has 0 spiro atoms. The van der Waals surface area contributed by atoms with Gasteiger partial charge in [-0.1, -0.05) is 55.5 Å². The normalized spacial score (nSPS) is 10.3. The predicted molar refractivity (Wildman–Crippen MR) is 91.8 cm³/mol. The molecular weight excluding hydrogens is 288 g/mol. The van der Waals surface area contributed by atoms with Crippen LogP contribution in [0.1, 0.15) is 37.3 Å². The highest BCUT2D eigenvalue weighted by Gasteiger charge is 2.08. The molecule has 3 nitrogen and oxygen atoms in total. The minimum atomic E-state index is -0.617. The summed E-state index contributed by atoms with van der Waals surface area (Å²) < 4.78 is 10.4. The zero-order chi connectivity index (χ0) is 16.3. The Balaban J connectivity index is 1.60. The fourth-order valence-corrected chi connectivity index (χ4v) is 2.42. The number of para-hydroxylation sites is 1. The molecule has 0 radical (unpaired) electrons. The molecule has 0 heterocycles. The molecule has 0 saturated heterocycles. The molecule has 0 unspecified atom stereocenters. The van der Waals surface area contributed by atoms with Crippen molar-refractivity contribution < 1.29 is 14.3 Å². The van der Waals surface area contributed by atoms with Crippen LogP contribution in [-0.2, 0) is 17.6 Å². The van der Waals surface area contributed by atoms with Crippen LogP contribution in [0.15, 0.2) is 54.6 Å². The van der Waals surface area contributed by atoms with Gasteiger partial charge in [0, 0.05) is 0 Å². The molecule has 0 N–H and O–H groups in total. The molecule has 2 rings (SSSR count). The van der Waals surface area contributed by atoms with Crippen LogP contribution < -0.4 is 4.74 Å². The maximum absolute atomic E-state index is 11.7. The van der Waals surface area contributed by atoms with Crippen molar-refractivity contribution >= 4 is 6.16 Å². The van der Waals surface area contributed by atoms with Gasteiger partial charge in [0.2, 0.25) is 0 Å². The zero-order valence-corrected chi connectivity index (χ0v) is 13.7. The Kier molecular flexibility index (Phi) is 7.18. The van der Waals surface area contributed by atoms with Gasteiger partial charge in [-0.15, -0.1) is 0 Å². The number of unbranched alkanes of at least 4 members (excludes halogenated alkanes) is 2. The highest BCUT2D eigenvalue weighted by molar-refractivity contribution is 5.64. The quantitative estimate of drug-likeness (QED) is 0.383. The van der Waals surface area contributed by atoms with E-state index in [1.54, 1.807) is 6.07 Å². The Labute approximate surface area is 138 Å².